The van der Waals surface area contributed by atoms with E-state index in [1.54, 1.807) is 0 Å². The lowest BCUT2D eigenvalue weighted by atomic mass is 10.1. The summed E-state index contributed by atoms with van der Waals surface area (Å²) in [7, 11) is 0. The van der Waals surface area contributed by atoms with Crippen LogP contribution in [0.1, 0.15) is 32.8 Å². The van der Waals surface area contributed by atoms with Gasteiger partial charge in [0.25, 0.3) is 0 Å². The third-order valence-electron chi connectivity index (χ3n) is 3.66. The van der Waals surface area contributed by atoms with Gasteiger partial charge in [-0.25, -0.2) is 0 Å². The van der Waals surface area contributed by atoms with Gasteiger partial charge in [-0.3, -0.25) is 0 Å². The van der Waals surface area contributed by atoms with E-state index in [0.717, 1.165) is 18.9 Å². The fourth-order valence-corrected chi connectivity index (χ4v) is 3.57. The molecule has 0 aromatic heterocycles. The third-order valence-corrected chi connectivity index (χ3v) is 4.30. The lowest BCUT2D eigenvalue weighted by molar-refractivity contribution is 0.625. The Morgan fingerprint density at radius 1 is 1.44 bits per heavy atom. The van der Waals surface area contributed by atoms with Crippen LogP contribution in [0.5, 0.6) is 0 Å². The number of anilines is 1. The second-order valence-corrected chi connectivity index (χ2v) is 6.66. The number of hydrogen-bond donors (Lipinski definition) is 1. The van der Waals surface area contributed by atoms with E-state index in [-0.39, 0.29) is 6.04 Å². The van der Waals surface area contributed by atoms with Crippen LogP contribution in [0.3, 0.4) is 0 Å². The first-order valence-electron chi connectivity index (χ1n) is 6.78. The minimum absolute atomic E-state index is 0.216. The van der Waals surface area contributed by atoms with Crippen LogP contribution in [0.4, 0.5) is 5.69 Å². The van der Waals surface area contributed by atoms with Gasteiger partial charge >= 0.3 is 0 Å². The Hall–Kier alpha value is -0.540. The smallest absolute Gasteiger partial charge is 0.0513 e. The first kappa shape index (κ1) is 13.9. The second kappa shape index (κ2) is 5.62. The van der Waals surface area contributed by atoms with Gasteiger partial charge in [0.15, 0.2) is 0 Å². The predicted molar refractivity (Wildman–Crippen MR) is 82.1 cm³/mol. The third kappa shape index (κ3) is 3.07. The van der Waals surface area contributed by atoms with E-state index < -0.39 is 0 Å². The van der Waals surface area contributed by atoms with Crippen molar-refractivity contribution >= 4 is 21.6 Å². The van der Waals surface area contributed by atoms with Gasteiger partial charge in [-0.2, -0.15) is 0 Å². The van der Waals surface area contributed by atoms with Crippen LogP contribution in [0.2, 0.25) is 0 Å². The van der Waals surface area contributed by atoms with Crippen molar-refractivity contribution in [2.45, 2.75) is 45.7 Å². The van der Waals surface area contributed by atoms with E-state index in [1.807, 2.05) is 6.92 Å². The highest BCUT2D eigenvalue weighted by Gasteiger charge is 2.27. The second-order valence-electron chi connectivity index (χ2n) is 5.81. The van der Waals surface area contributed by atoms with Crippen LogP contribution in [0.15, 0.2) is 22.7 Å². The minimum atomic E-state index is 0.216. The number of nitrogens with zero attached hydrogens (tertiary/aromatic N) is 1. The molecule has 0 radical (unpaired) electrons. The molecule has 1 aliphatic heterocycles. The van der Waals surface area contributed by atoms with Gasteiger partial charge < -0.3 is 10.6 Å². The fraction of sp³-hybridized carbons (Fsp3) is 0.600. The van der Waals surface area contributed by atoms with Gasteiger partial charge in [-0.15, -0.1) is 0 Å². The van der Waals surface area contributed by atoms with E-state index in [4.69, 9.17) is 5.73 Å². The standard InChI is InChI=1S/C15H23BrN2/c1-10-6-12(3)18(9-10)15-5-4-13(7-11(2)17)8-14(15)16/h4-5,8,10-12H,6-7,9,17H2,1-3H3. The SMILES string of the molecule is CC(N)Cc1ccc(N2CC(C)CC2C)c(Br)c1. The van der Waals surface area contributed by atoms with Gasteiger partial charge in [0.1, 0.15) is 0 Å². The molecular formula is C15H23BrN2. The zero-order valence-electron chi connectivity index (χ0n) is 11.5. The quantitative estimate of drug-likeness (QED) is 0.924. The van der Waals surface area contributed by atoms with Crippen molar-refractivity contribution in [3.63, 3.8) is 0 Å². The molecule has 1 aliphatic rings. The molecule has 3 atom stereocenters. The molecule has 0 saturated carbocycles. The number of nitrogens with two attached hydrogens (primary N) is 1. The van der Waals surface area contributed by atoms with Gasteiger partial charge in [0.05, 0.1) is 5.69 Å². The van der Waals surface area contributed by atoms with E-state index >= 15 is 0 Å². The summed E-state index contributed by atoms with van der Waals surface area (Å²) in [5, 5.41) is 0. The summed E-state index contributed by atoms with van der Waals surface area (Å²) in [5.74, 6) is 0.788. The summed E-state index contributed by atoms with van der Waals surface area (Å²) in [6.45, 7) is 7.85. The average Bonchev–Trinajstić information content (AvgIpc) is 2.57. The Labute approximate surface area is 119 Å². The van der Waals surface area contributed by atoms with Gasteiger partial charge in [-0.1, -0.05) is 13.0 Å². The summed E-state index contributed by atoms with van der Waals surface area (Å²) < 4.78 is 1.20. The van der Waals surface area contributed by atoms with Crippen LogP contribution in [-0.4, -0.2) is 18.6 Å². The Balaban J connectivity index is 2.19. The minimum Gasteiger partial charge on any atom is -0.368 e. The molecule has 2 rings (SSSR count). The normalized spacial score (nSPS) is 25.5. The monoisotopic (exact) mass is 310 g/mol. The summed E-state index contributed by atoms with van der Waals surface area (Å²) in [4.78, 5) is 2.50. The Kier molecular flexibility index (Phi) is 4.33. The van der Waals surface area contributed by atoms with Gasteiger partial charge in [-0.05, 0) is 66.2 Å². The topological polar surface area (TPSA) is 29.3 Å². The molecule has 1 heterocycles. The van der Waals surface area contributed by atoms with Crippen molar-refractivity contribution in [2.24, 2.45) is 11.7 Å². The highest BCUT2D eigenvalue weighted by molar-refractivity contribution is 9.10. The number of halogens is 1. The molecule has 3 unspecified atom stereocenters. The zero-order valence-corrected chi connectivity index (χ0v) is 13.1. The summed E-state index contributed by atoms with van der Waals surface area (Å²) in [5.41, 5.74) is 8.47. The Bertz CT molecular complexity index is 417. The first-order chi connectivity index (χ1) is 8.47. The van der Waals surface area contributed by atoms with Crippen LogP contribution >= 0.6 is 15.9 Å². The van der Waals surface area contributed by atoms with E-state index in [0.29, 0.717) is 6.04 Å². The van der Waals surface area contributed by atoms with Crippen molar-refractivity contribution in [3.05, 3.63) is 28.2 Å². The zero-order chi connectivity index (χ0) is 13.3. The molecule has 18 heavy (non-hydrogen) atoms. The summed E-state index contributed by atoms with van der Waals surface area (Å²) in [6, 6.07) is 7.51. The molecule has 1 aromatic rings. The lowest BCUT2D eigenvalue weighted by Crippen LogP contribution is -2.27. The molecule has 2 nitrogen and oxygen atoms in total. The Morgan fingerprint density at radius 3 is 2.67 bits per heavy atom. The molecule has 0 spiro atoms. The summed E-state index contributed by atoms with van der Waals surface area (Å²) >= 11 is 3.71. The fourth-order valence-electron chi connectivity index (χ4n) is 2.92. The van der Waals surface area contributed by atoms with Crippen molar-refractivity contribution in [3.8, 4) is 0 Å². The highest BCUT2D eigenvalue weighted by atomic mass is 79.9. The van der Waals surface area contributed by atoms with Crippen molar-refractivity contribution in [1.29, 1.82) is 0 Å². The largest absolute Gasteiger partial charge is 0.368 e. The molecule has 100 valence electrons. The first-order valence-corrected chi connectivity index (χ1v) is 7.57. The molecule has 3 heteroatoms. The van der Waals surface area contributed by atoms with Crippen LogP contribution in [0, 0.1) is 5.92 Å². The predicted octanol–water partition coefficient (Wildman–Crippen LogP) is 3.57. The van der Waals surface area contributed by atoms with Crippen molar-refractivity contribution < 1.29 is 0 Å². The van der Waals surface area contributed by atoms with Gasteiger partial charge in [0, 0.05) is 23.1 Å². The highest BCUT2D eigenvalue weighted by Crippen LogP contribution is 2.34. The average molecular weight is 311 g/mol. The van der Waals surface area contributed by atoms with Crippen molar-refractivity contribution in [2.75, 3.05) is 11.4 Å². The van der Waals surface area contributed by atoms with Crippen LogP contribution in [-0.2, 0) is 6.42 Å². The molecule has 0 aliphatic carbocycles. The molecule has 0 bridgehead atoms. The molecule has 1 saturated heterocycles. The van der Waals surface area contributed by atoms with Crippen LogP contribution < -0.4 is 10.6 Å². The molecule has 1 aromatic carbocycles. The van der Waals surface area contributed by atoms with E-state index in [2.05, 4.69) is 52.9 Å². The maximum atomic E-state index is 5.85. The maximum absolute atomic E-state index is 5.85. The Morgan fingerprint density at radius 2 is 2.17 bits per heavy atom. The number of benzene rings is 1. The van der Waals surface area contributed by atoms with Crippen molar-refractivity contribution in [1.82, 2.24) is 0 Å². The van der Waals surface area contributed by atoms with Crippen LogP contribution in [0.25, 0.3) is 0 Å². The van der Waals surface area contributed by atoms with E-state index in [1.165, 1.54) is 22.1 Å². The molecule has 1 fully saturated rings. The van der Waals surface area contributed by atoms with Gasteiger partial charge in [0.2, 0.25) is 0 Å². The van der Waals surface area contributed by atoms with E-state index in [9.17, 15) is 0 Å². The molecule has 0 amide bonds. The maximum Gasteiger partial charge on any atom is 0.0513 e. The molecular weight excluding hydrogens is 288 g/mol. The lowest BCUT2D eigenvalue weighted by Gasteiger charge is -2.25. The number of hydrogen-bond acceptors (Lipinski definition) is 2. The number of rotatable bonds is 3. The molecule has 2 N–H and O–H groups in total. The summed E-state index contributed by atoms with van der Waals surface area (Å²) in [6.07, 6.45) is 2.22.